The van der Waals surface area contributed by atoms with E-state index in [9.17, 15) is 9.59 Å². The lowest BCUT2D eigenvalue weighted by atomic mass is 9.70. The minimum absolute atomic E-state index is 0.0284. The van der Waals surface area contributed by atoms with E-state index in [1.54, 1.807) is 13.8 Å². The normalized spacial score (nSPS) is 12.8. The third kappa shape index (κ3) is 10.3. The van der Waals surface area contributed by atoms with Crippen LogP contribution in [-0.2, 0) is 9.59 Å². The molecule has 152 valence electrons. The van der Waals surface area contributed by atoms with Gasteiger partial charge in [-0.2, -0.15) is 0 Å². The van der Waals surface area contributed by atoms with Crippen molar-refractivity contribution >= 4 is 11.6 Å². The number of hydrogen-bond acceptors (Lipinski definition) is 2. The number of rotatable bonds is 14. The Balaban J connectivity index is 5.15. The zero-order valence-electron chi connectivity index (χ0n) is 18.5. The Hall–Kier alpha value is -1.70. The van der Waals surface area contributed by atoms with Crippen LogP contribution in [0.2, 0.25) is 0 Å². The largest absolute Gasteiger partial charge is 0.299 e. The summed E-state index contributed by atoms with van der Waals surface area (Å²) in [4.78, 5) is 25.0. The zero-order chi connectivity index (χ0) is 21.0. The van der Waals surface area contributed by atoms with Gasteiger partial charge in [0.25, 0.3) is 0 Å². The van der Waals surface area contributed by atoms with E-state index in [1.165, 1.54) is 11.1 Å². The molecule has 0 aliphatic carbocycles. The Kier molecular flexibility index (Phi) is 11.8. The van der Waals surface area contributed by atoms with Crippen LogP contribution < -0.4 is 0 Å². The first-order valence-corrected chi connectivity index (χ1v) is 10.1. The predicted octanol–water partition coefficient (Wildman–Crippen LogP) is 7.32. The van der Waals surface area contributed by atoms with E-state index in [1.807, 2.05) is 27.7 Å². The maximum absolute atomic E-state index is 12.5. The Labute approximate surface area is 167 Å². The lowest BCUT2D eigenvalue weighted by Gasteiger charge is -2.29. The van der Waals surface area contributed by atoms with Gasteiger partial charge in [0, 0.05) is 0 Å². The molecule has 0 saturated carbocycles. The standard InChI is InChI=1S/C25H40O2/c1-19(2)13-9-11-15-21(5)17-25(23(7)26,24(8)27)18-22(6)16-12-10-14-20(3)4/h15-16H,1,3,9-14,17-18H2,2,4-8H3. The van der Waals surface area contributed by atoms with Crippen LogP contribution in [0, 0.1) is 5.41 Å². The first-order chi connectivity index (χ1) is 12.5. The van der Waals surface area contributed by atoms with Crippen LogP contribution >= 0.6 is 0 Å². The molecule has 0 heterocycles. The fourth-order valence-corrected chi connectivity index (χ4v) is 3.41. The Morgan fingerprint density at radius 3 is 1.30 bits per heavy atom. The molecule has 27 heavy (non-hydrogen) atoms. The van der Waals surface area contributed by atoms with Gasteiger partial charge < -0.3 is 0 Å². The number of allylic oxidation sites excluding steroid dienone is 6. The van der Waals surface area contributed by atoms with Crippen molar-refractivity contribution in [2.45, 2.75) is 92.9 Å². The van der Waals surface area contributed by atoms with E-state index in [-0.39, 0.29) is 11.6 Å². The summed E-state index contributed by atoms with van der Waals surface area (Å²) in [7, 11) is 0. The number of hydrogen-bond donors (Lipinski definition) is 0. The highest BCUT2D eigenvalue weighted by Crippen LogP contribution is 2.36. The van der Waals surface area contributed by atoms with Gasteiger partial charge in [0.15, 0.2) is 0 Å². The summed E-state index contributed by atoms with van der Waals surface area (Å²) in [6.45, 7) is 19.1. The number of unbranched alkanes of at least 4 members (excludes halogenated alkanes) is 2. The Bertz CT molecular complexity index is 548. The summed E-state index contributed by atoms with van der Waals surface area (Å²) in [6, 6.07) is 0. The molecule has 0 atom stereocenters. The average molecular weight is 373 g/mol. The molecule has 0 radical (unpaired) electrons. The molecular weight excluding hydrogens is 332 g/mol. The number of carbonyl (C=O) groups excluding carboxylic acids is 2. The Morgan fingerprint density at radius 2 is 1.04 bits per heavy atom. The lowest BCUT2D eigenvalue weighted by molar-refractivity contribution is -0.138. The van der Waals surface area contributed by atoms with Gasteiger partial charge in [0.2, 0.25) is 0 Å². The minimum Gasteiger partial charge on any atom is -0.299 e. The quantitative estimate of drug-likeness (QED) is 0.182. The van der Waals surface area contributed by atoms with Gasteiger partial charge in [-0.15, -0.1) is 13.2 Å². The van der Waals surface area contributed by atoms with Crippen LogP contribution in [0.1, 0.15) is 92.9 Å². The van der Waals surface area contributed by atoms with Crippen LogP contribution in [0.25, 0.3) is 0 Å². The number of ketones is 2. The second-order valence-corrected chi connectivity index (χ2v) is 8.35. The predicted molar refractivity (Wildman–Crippen MR) is 118 cm³/mol. The van der Waals surface area contributed by atoms with E-state index in [0.717, 1.165) is 49.7 Å². The van der Waals surface area contributed by atoms with Crippen molar-refractivity contribution in [3.63, 3.8) is 0 Å². The van der Waals surface area contributed by atoms with Crippen LogP contribution in [0.5, 0.6) is 0 Å². The van der Waals surface area contributed by atoms with Crippen molar-refractivity contribution < 1.29 is 9.59 Å². The highest BCUT2D eigenvalue weighted by Gasteiger charge is 2.40. The molecule has 0 amide bonds. The van der Waals surface area contributed by atoms with Gasteiger partial charge in [-0.25, -0.2) is 0 Å². The third-order valence-corrected chi connectivity index (χ3v) is 5.11. The minimum atomic E-state index is -0.927. The SMILES string of the molecule is C=C(C)CCCC=C(C)CC(CC(C)=CCCCC(=C)C)(C(C)=O)C(C)=O. The van der Waals surface area contributed by atoms with Gasteiger partial charge in [-0.1, -0.05) is 34.4 Å². The monoisotopic (exact) mass is 372 g/mol. The molecule has 0 spiro atoms. The van der Waals surface area contributed by atoms with Crippen molar-refractivity contribution in [1.29, 1.82) is 0 Å². The van der Waals surface area contributed by atoms with Gasteiger partial charge >= 0.3 is 0 Å². The second-order valence-electron chi connectivity index (χ2n) is 8.35. The van der Waals surface area contributed by atoms with Crippen molar-refractivity contribution in [2.24, 2.45) is 5.41 Å². The van der Waals surface area contributed by atoms with Crippen LogP contribution in [0.4, 0.5) is 0 Å². The number of carbonyl (C=O) groups is 2. The van der Waals surface area contributed by atoms with Gasteiger partial charge in [-0.3, -0.25) is 9.59 Å². The van der Waals surface area contributed by atoms with Crippen LogP contribution in [0.15, 0.2) is 47.6 Å². The van der Waals surface area contributed by atoms with Gasteiger partial charge in [0.05, 0.1) is 5.41 Å². The van der Waals surface area contributed by atoms with E-state index in [2.05, 4.69) is 25.3 Å². The summed E-state index contributed by atoms with van der Waals surface area (Å²) >= 11 is 0. The summed E-state index contributed by atoms with van der Waals surface area (Å²) < 4.78 is 0. The first-order valence-electron chi connectivity index (χ1n) is 10.1. The van der Waals surface area contributed by atoms with E-state index < -0.39 is 5.41 Å². The maximum Gasteiger partial charge on any atom is 0.143 e. The topological polar surface area (TPSA) is 34.1 Å². The highest BCUT2D eigenvalue weighted by molar-refractivity contribution is 6.05. The molecule has 0 rings (SSSR count). The zero-order valence-corrected chi connectivity index (χ0v) is 18.5. The Morgan fingerprint density at radius 1 is 0.704 bits per heavy atom. The molecule has 2 heteroatoms. The van der Waals surface area contributed by atoms with E-state index >= 15 is 0 Å². The maximum atomic E-state index is 12.5. The first kappa shape index (κ1) is 25.3. The molecule has 2 nitrogen and oxygen atoms in total. The summed E-state index contributed by atoms with van der Waals surface area (Å²) in [6.07, 6.45) is 11.4. The summed E-state index contributed by atoms with van der Waals surface area (Å²) in [5.41, 5.74) is 3.70. The van der Waals surface area contributed by atoms with Crippen molar-refractivity contribution in [3.8, 4) is 0 Å². The molecule has 0 aliphatic heterocycles. The number of Topliss-reactive ketones (excluding diaryl/α,β-unsaturated/α-hetero) is 2. The van der Waals surface area contributed by atoms with Gasteiger partial charge in [-0.05, 0) is 92.9 Å². The third-order valence-electron chi connectivity index (χ3n) is 5.11. The van der Waals surface area contributed by atoms with Crippen LogP contribution in [-0.4, -0.2) is 11.6 Å². The fourth-order valence-electron chi connectivity index (χ4n) is 3.41. The molecule has 0 aromatic heterocycles. The van der Waals surface area contributed by atoms with Crippen molar-refractivity contribution in [2.75, 3.05) is 0 Å². The van der Waals surface area contributed by atoms with Crippen LogP contribution in [0.3, 0.4) is 0 Å². The van der Waals surface area contributed by atoms with E-state index in [0.29, 0.717) is 12.8 Å². The second kappa shape index (κ2) is 12.6. The smallest absolute Gasteiger partial charge is 0.143 e. The van der Waals surface area contributed by atoms with Gasteiger partial charge in [0.1, 0.15) is 11.6 Å². The average Bonchev–Trinajstić information content (AvgIpc) is 2.54. The fraction of sp³-hybridized carbons (Fsp3) is 0.600. The lowest BCUT2D eigenvalue weighted by Crippen LogP contribution is -2.37. The molecule has 0 unspecified atom stereocenters. The van der Waals surface area contributed by atoms with Crippen molar-refractivity contribution in [1.82, 2.24) is 0 Å². The molecular formula is C25H40O2. The molecule has 0 aliphatic rings. The van der Waals surface area contributed by atoms with Crippen molar-refractivity contribution in [3.05, 3.63) is 47.6 Å². The molecule has 0 bridgehead atoms. The highest BCUT2D eigenvalue weighted by atomic mass is 16.2. The molecule has 0 aromatic rings. The van der Waals surface area contributed by atoms with E-state index in [4.69, 9.17) is 0 Å². The molecule has 0 fully saturated rings. The molecule has 0 N–H and O–H groups in total. The summed E-state index contributed by atoms with van der Waals surface area (Å²) in [5.74, 6) is -0.0567. The molecule has 0 saturated heterocycles. The summed E-state index contributed by atoms with van der Waals surface area (Å²) in [5, 5.41) is 0. The molecule has 0 aromatic carbocycles.